The second kappa shape index (κ2) is 4.51. The number of halogens is 2. The quantitative estimate of drug-likeness (QED) is 0.828. The van der Waals surface area contributed by atoms with Crippen molar-refractivity contribution < 1.29 is 4.74 Å². The fraction of sp³-hybridized carbons (Fsp3) is 0.100. The van der Waals surface area contributed by atoms with Crippen molar-refractivity contribution in [1.82, 2.24) is 4.98 Å². The molecular formula is C10H7BrClNOS. The van der Waals surface area contributed by atoms with E-state index in [4.69, 9.17) is 16.3 Å². The molecule has 0 aliphatic carbocycles. The van der Waals surface area contributed by atoms with Gasteiger partial charge in [0.15, 0.2) is 0 Å². The van der Waals surface area contributed by atoms with Gasteiger partial charge < -0.3 is 4.74 Å². The second-order valence-electron chi connectivity index (χ2n) is 2.82. The van der Waals surface area contributed by atoms with Crippen molar-refractivity contribution >= 4 is 38.9 Å². The molecule has 1 aromatic heterocycles. The van der Waals surface area contributed by atoms with E-state index in [9.17, 15) is 0 Å². The van der Waals surface area contributed by atoms with Crippen LogP contribution in [0, 0.1) is 0 Å². The maximum absolute atomic E-state index is 5.79. The summed E-state index contributed by atoms with van der Waals surface area (Å²) in [5, 5.41) is 3.17. The monoisotopic (exact) mass is 303 g/mol. The van der Waals surface area contributed by atoms with Crippen molar-refractivity contribution in [3.05, 3.63) is 33.2 Å². The zero-order chi connectivity index (χ0) is 10.8. The Labute approximate surface area is 105 Å². The zero-order valence-electron chi connectivity index (χ0n) is 7.83. The third-order valence-corrected chi connectivity index (χ3v) is 3.56. The molecule has 78 valence electrons. The summed E-state index contributed by atoms with van der Waals surface area (Å²) >= 11 is 10.7. The average Bonchev–Trinajstić information content (AvgIpc) is 2.65. The molecule has 1 aromatic carbocycles. The van der Waals surface area contributed by atoms with Crippen LogP contribution in [-0.2, 0) is 0 Å². The van der Waals surface area contributed by atoms with Gasteiger partial charge in [0.2, 0.25) is 0 Å². The minimum absolute atomic E-state index is 0.511. The Balaban J connectivity index is 2.55. The van der Waals surface area contributed by atoms with E-state index >= 15 is 0 Å². The van der Waals surface area contributed by atoms with Gasteiger partial charge in [0.05, 0.1) is 12.7 Å². The Morgan fingerprint density at radius 2 is 2.27 bits per heavy atom. The van der Waals surface area contributed by atoms with E-state index < -0.39 is 0 Å². The lowest BCUT2D eigenvalue weighted by atomic mass is 10.2. The molecule has 2 aromatic rings. The predicted octanol–water partition coefficient (Wildman–Crippen LogP) is 4.23. The van der Waals surface area contributed by atoms with Crippen molar-refractivity contribution in [2.45, 2.75) is 0 Å². The lowest BCUT2D eigenvalue weighted by Crippen LogP contribution is -1.87. The van der Waals surface area contributed by atoms with E-state index in [1.807, 2.05) is 18.2 Å². The molecule has 0 fully saturated rings. The van der Waals surface area contributed by atoms with Crippen LogP contribution in [0.4, 0.5) is 0 Å². The van der Waals surface area contributed by atoms with Gasteiger partial charge >= 0.3 is 0 Å². The van der Waals surface area contributed by atoms with E-state index in [1.54, 1.807) is 12.5 Å². The second-order valence-corrected chi connectivity index (χ2v) is 4.98. The fourth-order valence-corrected chi connectivity index (χ4v) is 2.55. The number of nitrogens with zero attached hydrogens (tertiary/aromatic N) is 1. The van der Waals surface area contributed by atoms with E-state index in [0.717, 1.165) is 20.8 Å². The van der Waals surface area contributed by atoms with Crippen molar-refractivity contribution in [3.8, 4) is 16.3 Å². The number of thiazole rings is 1. The van der Waals surface area contributed by atoms with Gasteiger partial charge in [-0.2, -0.15) is 0 Å². The van der Waals surface area contributed by atoms with Gasteiger partial charge in [-0.25, -0.2) is 4.98 Å². The molecule has 0 aliphatic rings. The molecule has 0 atom stereocenters. The number of rotatable bonds is 2. The molecule has 0 bridgehead atoms. The molecule has 0 radical (unpaired) electrons. The average molecular weight is 305 g/mol. The lowest BCUT2D eigenvalue weighted by Gasteiger charge is -2.05. The Bertz CT molecular complexity index is 486. The number of hydrogen-bond donors (Lipinski definition) is 0. The van der Waals surface area contributed by atoms with Crippen LogP contribution in [0.2, 0.25) is 5.15 Å². The summed E-state index contributed by atoms with van der Waals surface area (Å²) in [5.41, 5.74) is 0.948. The van der Waals surface area contributed by atoms with Gasteiger partial charge in [-0.15, -0.1) is 11.3 Å². The summed E-state index contributed by atoms with van der Waals surface area (Å²) in [5.74, 6) is 0.796. The lowest BCUT2D eigenvalue weighted by molar-refractivity contribution is 0.416. The number of benzene rings is 1. The van der Waals surface area contributed by atoms with Crippen LogP contribution in [0.15, 0.2) is 28.1 Å². The molecule has 0 unspecified atom stereocenters. The van der Waals surface area contributed by atoms with E-state index in [2.05, 4.69) is 20.9 Å². The van der Waals surface area contributed by atoms with Gasteiger partial charge in [-0.3, -0.25) is 0 Å². The molecule has 5 heteroatoms. The first-order chi connectivity index (χ1) is 7.20. The van der Waals surface area contributed by atoms with Crippen molar-refractivity contribution in [2.75, 3.05) is 7.11 Å². The highest BCUT2D eigenvalue weighted by molar-refractivity contribution is 9.10. The molecule has 0 saturated carbocycles. The smallest absolute Gasteiger partial charge is 0.140 e. The Hall–Kier alpha value is -0.580. The minimum Gasteiger partial charge on any atom is -0.496 e. The summed E-state index contributed by atoms with van der Waals surface area (Å²) in [7, 11) is 1.64. The summed E-state index contributed by atoms with van der Waals surface area (Å²) < 4.78 is 6.26. The first-order valence-electron chi connectivity index (χ1n) is 4.15. The highest BCUT2D eigenvalue weighted by Crippen LogP contribution is 2.35. The van der Waals surface area contributed by atoms with Crippen LogP contribution >= 0.6 is 38.9 Å². The number of methoxy groups -OCH3 is 1. The summed E-state index contributed by atoms with van der Waals surface area (Å²) in [4.78, 5) is 4.21. The van der Waals surface area contributed by atoms with Crippen molar-refractivity contribution in [1.29, 1.82) is 0 Å². The SMILES string of the molecule is COc1ccc(Br)cc1-c1nc(Cl)cs1. The first-order valence-corrected chi connectivity index (χ1v) is 6.20. The normalized spacial score (nSPS) is 10.3. The molecule has 0 spiro atoms. The van der Waals surface area contributed by atoms with Gasteiger partial charge in [0.25, 0.3) is 0 Å². The third kappa shape index (κ3) is 2.33. The third-order valence-electron chi connectivity index (χ3n) is 1.87. The van der Waals surface area contributed by atoms with Crippen molar-refractivity contribution in [2.24, 2.45) is 0 Å². The van der Waals surface area contributed by atoms with Crippen LogP contribution in [0.5, 0.6) is 5.75 Å². The van der Waals surface area contributed by atoms with E-state index in [1.165, 1.54) is 11.3 Å². The van der Waals surface area contributed by atoms with Crippen LogP contribution < -0.4 is 4.74 Å². The number of ether oxygens (including phenoxy) is 1. The Kier molecular flexibility index (Phi) is 3.29. The number of hydrogen-bond acceptors (Lipinski definition) is 3. The van der Waals surface area contributed by atoms with Crippen molar-refractivity contribution in [3.63, 3.8) is 0 Å². The molecule has 15 heavy (non-hydrogen) atoms. The molecular weight excluding hydrogens is 298 g/mol. The molecule has 0 amide bonds. The van der Waals surface area contributed by atoms with Gasteiger partial charge in [-0.05, 0) is 18.2 Å². The van der Waals surface area contributed by atoms with Crippen LogP contribution in [0.3, 0.4) is 0 Å². The standard InChI is InChI=1S/C10H7BrClNOS/c1-14-8-3-2-6(11)4-7(8)10-13-9(12)5-15-10/h2-5H,1H3. The maximum atomic E-state index is 5.79. The summed E-state index contributed by atoms with van der Waals surface area (Å²) in [6.07, 6.45) is 0. The summed E-state index contributed by atoms with van der Waals surface area (Å²) in [6, 6.07) is 5.79. The van der Waals surface area contributed by atoms with Gasteiger partial charge in [0.1, 0.15) is 15.9 Å². The minimum atomic E-state index is 0.511. The molecule has 1 heterocycles. The fourth-order valence-electron chi connectivity index (χ4n) is 1.23. The largest absolute Gasteiger partial charge is 0.496 e. The zero-order valence-corrected chi connectivity index (χ0v) is 11.0. The predicted molar refractivity (Wildman–Crippen MR) is 66.8 cm³/mol. The summed E-state index contributed by atoms with van der Waals surface area (Å²) in [6.45, 7) is 0. The highest BCUT2D eigenvalue weighted by atomic mass is 79.9. The van der Waals surface area contributed by atoms with E-state index in [-0.39, 0.29) is 0 Å². The highest BCUT2D eigenvalue weighted by Gasteiger charge is 2.10. The molecule has 0 saturated heterocycles. The van der Waals surface area contributed by atoms with E-state index in [0.29, 0.717) is 5.15 Å². The Morgan fingerprint density at radius 1 is 1.47 bits per heavy atom. The first kappa shape index (κ1) is 10.9. The Morgan fingerprint density at radius 3 is 2.87 bits per heavy atom. The molecule has 0 aliphatic heterocycles. The molecule has 0 N–H and O–H groups in total. The van der Waals surface area contributed by atoms with Gasteiger partial charge in [0, 0.05) is 9.85 Å². The van der Waals surface area contributed by atoms with Gasteiger partial charge in [-0.1, -0.05) is 27.5 Å². The molecule has 2 nitrogen and oxygen atoms in total. The maximum Gasteiger partial charge on any atom is 0.140 e. The number of aromatic nitrogens is 1. The van der Waals surface area contributed by atoms with Crippen LogP contribution in [-0.4, -0.2) is 12.1 Å². The van der Waals surface area contributed by atoms with Crippen LogP contribution in [0.25, 0.3) is 10.6 Å². The van der Waals surface area contributed by atoms with Crippen LogP contribution in [0.1, 0.15) is 0 Å². The molecule has 2 rings (SSSR count). The topological polar surface area (TPSA) is 22.1 Å².